The molecule has 0 saturated heterocycles. The van der Waals surface area contributed by atoms with E-state index in [4.69, 9.17) is 4.74 Å². The lowest BCUT2D eigenvalue weighted by Crippen LogP contribution is -2.28. The van der Waals surface area contributed by atoms with E-state index in [9.17, 15) is 4.79 Å². The van der Waals surface area contributed by atoms with Gasteiger partial charge in [-0.3, -0.25) is 4.90 Å². The smallest absolute Gasteiger partial charge is 0.348 e. The highest BCUT2D eigenvalue weighted by molar-refractivity contribution is 7.14. The van der Waals surface area contributed by atoms with Gasteiger partial charge in [-0.05, 0) is 32.0 Å². The van der Waals surface area contributed by atoms with Crippen LogP contribution in [0, 0.1) is 0 Å². The Morgan fingerprint density at radius 2 is 2.40 bits per heavy atom. The minimum Gasteiger partial charge on any atom is -0.465 e. The van der Waals surface area contributed by atoms with Crippen LogP contribution in [0.5, 0.6) is 0 Å². The predicted molar refractivity (Wildman–Crippen MR) is 60.4 cm³/mol. The molecule has 2 heterocycles. The van der Waals surface area contributed by atoms with Crippen LogP contribution in [0.4, 0.5) is 0 Å². The van der Waals surface area contributed by atoms with E-state index >= 15 is 0 Å². The molecule has 1 aromatic rings. The summed E-state index contributed by atoms with van der Waals surface area (Å²) < 4.78 is 4.73. The quantitative estimate of drug-likeness (QED) is 0.685. The van der Waals surface area contributed by atoms with Gasteiger partial charge in [0, 0.05) is 17.5 Å². The lowest BCUT2D eigenvalue weighted by Gasteiger charge is -2.29. The number of rotatable bonds is 1. The molecular formula is C11H15NO2S. The van der Waals surface area contributed by atoms with Gasteiger partial charge in [0.25, 0.3) is 0 Å². The van der Waals surface area contributed by atoms with Gasteiger partial charge in [0.05, 0.1) is 7.11 Å². The molecule has 0 saturated carbocycles. The number of hydrogen-bond acceptors (Lipinski definition) is 4. The fraction of sp³-hybridized carbons (Fsp3) is 0.545. The van der Waals surface area contributed by atoms with Crippen LogP contribution in [-0.2, 0) is 11.2 Å². The molecule has 0 N–H and O–H groups in total. The number of fused-ring (bicyclic) bond motifs is 1. The number of hydrogen-bond donors (Lipinski definition) is 0. The van der Waals surface area contributed by atoms with Crippen LogP contribution in [0.25, 0.3) is 0 Å². The molecule has 1 aliphatic heterocycles. The van der Waals surface area contributed by atoms with E-state index in [1.165, 1.54) is 17.6 Å². The standard InChI is InChI=1S/C11H15NO2S/c1-7-10-8(4-5-12(7)2)6-9(15-10)11(13)14-3/h6-7H,4-5H2,1-3H3. The SMILES string of the molecule is COC(=O)c1cc2c(s1)C(C)N(C)CC2. The average molecular weight is 225 g/mol. The largest absolute Gasteiger partial charge is 0.465 e. The Balaban J connectivity index is 2.35. The van der Waals surface area contributed by atoms with Gasteiger partial charge in [-0.15, -0.1) is 11.3 Å². The van der Waals surface area contributed by atoms with Gasteiger partial charge in [0.15, 0.2) is 0 Å². The van der Waals surface area contributed by atoms with Gasteiger partial charge < -0.3 is 4.74 Å². The molecule has 15 heavy (non-hydrogen) atoms. The predicted octanol–water partition coefficient (Wildman–Crippen LogP) is 2.08. The molecule has 0 aromatic carbocycles. The first-order valence-electron chi connectivity index (χ1n) is 5.04. The fourth-order valence-corrected chi connectivity index (χ4v) is 3.13. The van der Waals surface area contributed by atoms with Gasteiger partial charge in [-0.2, -0.15) is 0 Å². The van der Waals surface area contributed by atoms with Crippen molar-refractivity contribution in [3.05, 3.63) is 21.4 Å². The monoisotopic (exact) mass is 225 g/mol. The van der Waals surface area contributed by atoms with Crippen molar-refractivity contribution in [2.24, 2.45) is 0 Å². The molecule has 0 aliphatic carbocycles. The van der Waals surface area contributed by atoms with Crippen molar-refractivity contribution in [3.8, 4) is 0 Å². The first-order valence-corrected chi connectivity index (χ1v) is 5.86. The number of methoxy groups -OCH3 is 1. The molecule has 3 nitrogen and oxygen atoms in total. The van der Waals surface area contributed by atoms with E-state index in [0.717, 1.165) is 17.8 Å². The van der Waals surface area contributed by atoms with Crippen LogP contribution < -0.4 is 0 Å². The number of thiophene rings is 1. The van der Waals surface area contributed by atoms with Crippen LogP contribution in [-0.4, -0.2) is 31.6 Å². The van der Waals surface area contributed by atoms with E-state index in [-0.39, 0.29) is 5.97 Å². The first kappa shape index (κ1) is 10.6. The summed E-state index contributed by atoms with van der Waals surface area (Å²) in [5.41, 5.74) is 1.31. The maximum Gasteiger partial charge on any atom is 0.348 e. The Hall–Kier alpha value is -0.870. The van der Waals surface area contributed by atoms with Gasteiger partial charge in [0.2, 0.25) is 0 Å². The lowest BCUT2D eigenvalue weighted by atomic mass is 10.0. The highest BCUT2D eigenvalue weighted by Gasteiger charge is 2.25. The molecule has 1 aromatic heterocycles. The van der Waals surface area contributed by atoms with Crippen molar-refractivity contribution in [1.82, 2.24) is 4.90 Å². The van der Waals surface area contributed by atoms with Crippen LogP contribution in [0.1, 0.15) is 33.1 Å². The molecule has 0 fully saturated rings. The van der Waals surface area contributed by atoms with Crippen LogP contribution in [0.15, 0.2) is 6.07 Å². The number of likely N-dealkylation sites (N-methyl/N-ethyl adjacent to an activating group) is 1. The van der Waals surface area contributed by atoms with Crippen LogP contribution in [0.2, 0.25) is 0 Å². The van der Waals surface area contributed by atoms with E-state index in [1.54, 1.807) is 11.3 Å². The number of nitrogens with zero attached hydrogens (tertiary/aromatic N) is 1. The number of carbonyl (C=O) groups is 1. The van der Waals surface area contributed by atoms with Gasteiger partial charge in [-0.25, -0.2) is 4.79 Å². The molecule has 1 aliphatic rings. The number of ether oxygens (including phenoxy) is 1. The van der Waals surface area contributed by atoms with E-state index in [2.05, 4.69) is 18.9 Å². The first-order chi connectivity index (χ1) is 7.13. The highest BCUT2D eigenvalue weighted by atomic mass is 32.1. The molecule has 0 bridgehead atoms. The molecule has 0 spiro atoms. The zero-order valence-electron chi connectivity index (χ0n) is 9.24. The second-order valence-corrected chi connectivity index (χ2v) is 4.98. The third-order valence-electron chi connectivity index (χ3n) is 3.00. The normalized spacial score (nSPS) is 21.1. The Bertz CT molecular complexity index is 386. The Labute approximate surface area is 93.7 Å². The number of carbonyl (C=O) groups excluding carboxylic acids is 1. The molecule has 4 heteroatoms. The second kappa shape index (κ2) is 3.94. The summed E-state index contributed by atoms with van der Waals surface area (Å²) in [6.07, 6.45) is 1.03. The third kappa shape index (κ3) is 1.79. The average Bonchev–Trinajstić information content (AvgIpc) is 2.67. The lowest BCUT2D eigenvalue weighted by molar-refractivity contribution is 0.0606. The molecule has 1 atom stereocenters. The maximum atomic E-state index is 11.4. The Kier molecular flexibility index (Phi) is 2.80. The summed E-state index contributed by atoms with van der Waals surface area (Å²) in [7, 11) is 3.54. The summed E-state index contributed by atoms with van der Waals surface area (Å²) in [6, 6.07) is 2.40. The molecule has 2 rings (SSSR count). The zero-order chi connectivity index (χ0) is 11.0. The van der Waals surface area contributed by atoms with Crippen molar-refractivity contribution >= 4 is 17.3 Å². The van der Waals surface area contributed by atoms with Crippen molar-refractivity contribution in [3.63, 3.8) is 0 Å². The minimum atomic E-state index is -0.218. The molecule has 1 unspecified atom stereocenters. The molecular weight excluding hydrogens is 210 g/mol. The molecule has 0 amide bonds. The van der Waals surface area contributed by atoms with Crippen LogP contribution in [0.3, 0.4) is 0 Å². The Morgan fingerprint density at radius 3 is 3.07 bits per heavy atom. The van der Waals surface area contributed by atoms with Crippen molar-refractivity contribution < 1.29 is 9.53 Å². The summed E-state index contributed by atoms with van der Waals surface area (Å²) in [5.74, 6) is -0.218. The highest BCUT2D eigenvalue weighted by Crippen LogP contribution is 2.35. The van der Waals surface area contributed by atoms with Gasteiger partial charge >= 0.3 is 5.97 Å². The van der Waals surface area contributed by atoms with E-state index in [1.807, 2.05) is 6.07 Å². The van der Waals surface area contributed by atoms with Gasteiger partial charge in [-0.1, -0.05) is 0 Å². The topological polar surface area (TPSA) is 29.5 Å². The third-order valence-corrected chi connectivity index (χ3v) is 4.33. The summed E-state index contributed by atoms with van der Waals surface area (Å²) in [6.45, 7) is 3.24. The molecule has 0 radical (unpaired) electrons. The fourth-order valence-electron chi connectivity index (χ4n) is 1.88. The zero-order valence-corrected chi connectivity index (χ0v) is 10.1. The van der Waals surface area contributed by atoms with Crippen molar-refractivity contribution in [1.29, 1.82) is 0 Å². The second-order valence-electron chi connectivity index (χ2n) is 3.90. The summed E-state index contributed by atoms with van der Waals surface area (Å²) in [5, 5.41) is 0. The number of esters is 1. The summed E-state index contributed by atoms with van der Waals surface area (Å²) in [4.78, 5) is 15.7. The van der Waals surface area contributed by atoms with E-state index < -0.39 is 0 Å². The van der Waals surface area contributed by atoms with Crippen LogP contribution >= 0.6 is 11.3 Å². The minimum absolute atomic E-state index is 0.218. The molecule has 82 valence electrons. The Morgan fingerprint density at radius 1 is 1.67 bits per heavy atom. The summed E-state index contributed by atoms with van der Waals surface area (Å²) >= 11 is 1.56. The van der Waals surface area contributed by atoms with Crippen molar-refractivity contribution in [2.45, 2.75) is 19.4 Å². The van der Waals surface area contributed by atoms with Gasteiger partial charge in [0.1, 0.15) is 4.88 Å². The van der Waals surface area contributed by atoms with E-state index in [0.29, 0.717) is 6.04 Å². The maximum absolute atomic E-state index is 11.4. The van der Waals surface area contributed by atoms with Crippen molar-refractivity contribution in [2.75, 3.05) is 20.7 Å².